The number of likely N-dealkylation sites (tertiary alicyclic amines) is 1. The van der Waals surface area contributed by atoms with Crippen molar-refractivity contribution in [2.24, 2.45) is 5.92 Å². The summed E-state index contributed by atoms with van der Waals surface area (Å²) >= 11 is 2.17. The van der Waals surface area contributed by atoms with Crippen LogP contribution in [0.5, 0.6) is 0 Å². The zero-order valence-electron chi connectivity index (χ0n) is 8.74. The average Bonchev–Trinajstić information content (AvgIpc) is 2.81. The molecule has 3 atom stereocenters. The third kappa shape index (κ3) is 1.82. The van der Waals surface area contributed by atoms with Gasteiger partial charge >= 0.3 is 0 Å². The monoisotopic (exact) mass is 212 g/mol. The molecule has 3 unspecified atom stereocenters. The molecule has 0 spiro atoms. The number of nitrogens with zero attached hydrogens (tertiary/aromatic N) is 1. The molecule has 0 radical (unpaired) electrons. The summed E-state index contributed by atoms with van der Waals surface area (Å²) in [6.07, 6.45) is 4.50. The van der Waals surface area contributed by atoms with E-state index in [4.69, 9.17) is 0 Å². The van der Waals surface area contributed by atoms with Crippen molar-refractivity contribution < 1.29 is 0 Å². The van der Waals surface area contributed by atoms with Crippen LogP contribution in [-0.2, 0) is 0 Å². The van der Waals surface area contributed by atoms with E-state index in [1.54, 1.807) is 0 Å². The summed E-state index contributed by atoms with van der Waals surface area (Å²) in [5.74, 6) is 2.37. The topological polar surface area (TPSA) is 15.3 Å². The summed E-state index contributed by atoms with van der Waals surface area (Å²) < 4.78 is 0. The molecule has 0 aromatic carbocycles. The van der Waals surface area contributed by atoms with Crippen molar-refractivity contribution in [1.82, 2.24) is 10.2 Å². The largest absolute Gasteiger partial charge is 0.315 e. The summed E-state index contributed by atoms with van der Waals surface area (Å²) in [6, 6.07) is 0.961. The third-order valence-corrected chi connectivity index (χ3v) is 5.19. The molecule has 0 aromatic heterocycles. The molecule has 3 aliphatic rings. The Bertz CT molecular complexity index is 203. The lowest BCUT2D eigenvalue weighted by molar-refractivity contribution is 0.213. The zero-order valence-corrected chi connectivity index (χ0v) is 9.56. The molecule has 2 aliphatic heterocycles. The fraction of sp³-hybridized carbons (Fsp3) is 1.00. The molecule has 80 valence electrons. The van der Waals surface area contributed by atoms with E-state index in [0.717, 1.165) is 17.2 Å². The summed E-state index contributed by atoms with van der Waals surface area (Å²) in [5, 5.41) is 4.37. The van der Waals surface area contributed by atoms with E-state index in [0.29, 0.717) is 0 Å². The van der Waals surface area contributed by atoms with Crippen LogP contribution in [-0.4, -0.2) is 48.1 Å². The number of nitrogens with one attached hydrogen (secondary N) is 1. The molecule has 2 nitrogen and oxygen atoms in total. The highest BCUT2D eigenvalue weighted by Crippen LogP contribution is 2.37. The minimum absolute atomic E-state index is 0.864. The highest BCUT2D eigenvalue weighted by atomic mass is 32.2. The van der Waals surface area contributed by atoms with Crippen molar-refractivity contribution in [1.29, 1.82) is 0 Å². The Hall–Kier alpha value is 0.270. The van der Waals surface area contributed by atoms with Gasteiger partial charge in [-0.15, -0.1) is 0 Å². The van der Waals surface area contributed by atoms with Gasteiger partial charge in [-0.25, -0.2) is 0 Å². The van der Waals surface area contributed by atoms with Crippen LogP contribution >= 0.6 is 11.8 Å². The van der Waals surface area contributed by atoms with Gasteiger partial charge in [-0.05, 0) is 25.2 Å². The van der Waals surface area contributed by atoms with Crippen molar-refractivity contribution in [2.45, 2.75) is 30.6 Å². The summed E-state index contributed by atoms with van der Waals surface area (Å²) in [7, 11) is 0. The van der Waals surface area contributed by atoms with Crippen LogP contribution in [0.4, 0.5) is 0 Å². The average molecular weight is 212 g/mol. The lowest BCUT2D eigenvalue weighted by Crippen LogP contribution is -2.43. The SMILES string of the molecule is C1CSC(CN2CC3CCC2C3)CN1. The summed E-state index contributed by atoms with van der Waals surface area (Å²) in [5.41, 5.74) is 0. The van der Waals surface area contributed by atoms with E-state index in [2.05, 4.69) is 22.0 Å². The molecule has 3 rings (SSSR count). The molecule has 1 N–H and O–H groups in total. The Morgan fingerprint density at radius 2 is 2.36 bits per heavy atom. The van der Waals surface area contributed by atoms with Crippen LogP contribution in [0.15, 0.2) is 0 Å². The van der Waals surface area contributed by atoms with Crippen LogP contribution < -0.4 is 5.32 Å². The van der Waals surface area contributed by atoms with Gasteiger partial charge in [0, 0.05) is 43.2 Å². The molecule has 14 heavy (non-hydrogen) atoms. The summed E-state index contributed by atoms with van der Waals surface area (Å²) in [6.45, 7) is 5.20. The van der Waals surface area contributed by atoms with Crippen LogP contribution in [0.3, 0.4) is 0 Å². The van der Waals surface area contributed by atoms with Gasteiger partial charge in [-0.2, -0.15) is 11.8 Å². The number of piperidine rings is 1. The first-order valence-electron chi connectivity index (χ1n) is 5.98. The zero-order chi connectivity index (χ0) is 9.38. The quantitative estimate of drug-likeness (QED) is 0.740. The van der Waals surface area contributed by atoms with Crippen molar-refractivity contribution in [3.63, 3.8) is 0 Å². The molecular weight excluding hydrogens is 192 g/mol. The van der Waals surface area contributed by atoms with Gasteiger partial charge < -0.3 is 5.32 Å². The van der Waals surface area contributed by atoms with Crippen molar-refractivity contribution in [3.05, 3.63) is 0 Å². The molecular formula is C11H20N2S. The van der Waals surface area contributed by atoms with E-state index in [1.807, 2.05) is 0 Å². The van der Waals surface area contributed by atoms with E-state index < -0.39 is 0 Å². The van der Waals surface area contributed by atoms with Crippen LogP contribution in [0.1, 0.15) is 19.3 Å². The maximum absolute atomic E-state index is 3.51. The van der Waals surface area contributed by atoms with Crippen molar-refractivity contribution >= 4 is 11.8 Å². The molecule has 3 heteroatoms. The van der Waals surface area contributed by atoms with Gasteiger partial charge in [-0.3, -0.25) is 4.90 Å². The molecule has 0 aromatic rings. The first-order chi connectivity index (χ1) is 6.92. The second kappa shape index (κ2) is 4.03. The Kier molecular flexibility index (Phi) is 2.73. The standard InChI is InChI=1S/C11H20N2S/c1-2-10-5-9(1)7-13(10)8-11-6-12-3-4-14-11/h9-12H,1-8H2. The molecule has 3 fully saturated rings. The van der Waals surface area contributed by atoms with E-state index >= 15 is 0 Å². The first-order valence-corrected chi connectivity index (χ1v) is 7.03. The summed E-state index contributed by atoms with van der Waals surface area (Å²) in [4.78, 5) is 2.76. The highest BCUT2D eigenvalue weighted by molar-refractivity contribution is 8.00. The van der Waals surface area contributed by atoms with Crippen molar-refractivity contribution in [2.75, 3.05) is 31.9 Å². The Morgan fingerprint density at radius 3 is 3.00 bits per heavy atom. The predicted molar refractivity (Wildman–Crippen MR) is 61.8 cm³/mol. The number of thioether (sulfide) groups is 1. The molecule has 0 amide bonds. The minimum Gasteiger partial charge on any atom is -0.315 e. The second-order valence-electron chi connectivity index (χ2n) is 4.98. The second-order valence-corrected chi connectivity index (χ2v) is 6.39. The van der Waals surface area contributed by atoms with Gasteiger partial charge in [0.1, 0.15) is 0 Å². The maximum atomic E-state index is 3.51. The Labute approximate surface area is 90.8 Å². The number of hydrogen-bond donors (Lipinski definition) is 1. The molecule has 2 saturated heterocycles. The lowest BCUT2D eigenvalue weighted by atomic mass is 10.1. The lowest BCUT2D eigenvalue weighted by Gasteiger charge is -2.32. The van der Waals surface area contributed by atoms with Crippen molar-refractivity contribution in [3.8, 4) is 0 Å². The van der Waals surface area contributed by atoms with E-state index in [-0.39, 0.29) is 0 Å². The fourth-order valence-corrected chi connectivity index (χ4v) is 4.38. The van der Waals surface area contributed by atoms with E-state index in [9.17, 15) is 0 Å². The maximum Gasteiger partial charge on any atom is 0.0300 e. The normalized spacial score (nSPS) is 43.3. The third-order valence-electron chi connectivity index (χ3n) is 3.97. The Morgan fingerprint density at radius 1 is 1.36 bits per heavy atom. The molecule has 1 aliphatic carbocycles. The van der Waals surface area contributed by atoms with Gasteiger partial charge in [0.25, 0.3) is 0 Å². The molecule has 2 heterocycles. The van der Waals surface area contributed by atoms with E-state index in [1.165, 1.54) is 51.2 Å². The van der Waals surface area contributed by atoms with Gasteiger partial charge in [-0.1, -0.05) is 0 Å². The van der Waals surface area contributed by atoms with Crippen LogP contribution in [0, 0.1) is 5.92 Å². The first kappa shape index (κ1) is 9.49. The smallest absolute Gasteiger partial charge is 0.0300 e. The van der Waals surface area contributed by atoms with Crippen LogP contribution in [0.2, 0.25) is 0 Å². The number of fused-ring (bicyclic) bond motifs is 2. The molecule has 2 bridgehead atoms. The predicted octanol–water partition coefficient (Wildman–Crippen LogP) is 1.18. The number of rotatable bonds is 2. The minimum atomic E-state index is 0.864. The van der Waals surface area contributed by atoms with Crippen LogP contribution in [0.25, 0.3) is 0 Å². The van der Waals surface area contributed by atoms with Gasteiger partial charge in [0.05, 0.1) is 0 Å². The Balaban J connectivity index is 1.52. The molecule has 1 saturated carbocycles. The number of hydrogen-bond acceptors (Lipinski definition) is 3. The van der Waals surface area contributed by atoms with Gasteiger partial charge in [0.2, 0.25) is 0 Å². The highest BCUT2D eigenvalue weighted by Gasteiger charge is 2.38. The van der Waals surface area contributed by atoms with Gasteiger partial charge in [0.15, 0.2) is 0 Å². The fourth-order valence-electron chi connectivity index (χ4n) is 3.25.